The van der Waals surface area contributed by atoms with Gasteiger partial charge in [-0.25, -0.2) is 0 Å². The van der Waals surface area contributed by atoms with Crippen LogP contribution < -0.4 is 5.32 Å². The number of hydrogen-bond donors (Lipinski definition) is 1. The van der Waals surface area contributed by atoms with Crippen LogP contribution in [0.2, 0.25) is 5.02 Å². The number of carbonyl (C=O) groups excluding carboxylic acids is 1. The van der Waals surface area contributed by atoms with Gasteiger partial charge >= 0.3 is 0 Å². The molecule has 0 aliphatic heterocycles. The number of aromatic nitrogens is 1. The zero-order valence-electron chi connectivity index (χ0n) is 10.8. The monoisotopic (exact) mass is 360 g/mol. The van der Waals surface area contributed by atoms with Crippen LogP contribution in [0.25, 0.3) is 10.9 Å². The highest BCUT2D eigenvalue weighted by Crippen LogP contribution is 2.21. The maximum Gasteiger partial charge on any atom is 0.255 e. The Hall–Kier alpha value is -1.91. The lowest BCUT2D eigenvalue weighted by Gasteiger charge is -2.07. The molecule has 3 rings (SSSR count). The van der Waals surface area contributed by atoms with Crippen molar-refractivity contribution in [2.75, 3.05) is 5.32 Å². The van der Waals surface area contributed by atoms with Crippen molar-refractivity contribution in [2.24, 2.45) is 0 Å². The SMILES string of the molecule is O=C(Nc1cnc2ccccc2c1)c1cc(Cl)cc(Br)c1. The highest BCUT2D eigenvalue weighted by Gasteiger charge is 2.09. The Morgan fingerprint density at radius 2 is 1.95 bits per heavy atom. The van der Waals surface area contributed by atoms with Crippen molar-refractivity contribution in [3.63, 3.8) is 0 Å². The average molecular weight is 362 g/mol. The van der Waals surface area contributed by atoms with Crippen molar-refractivity contribution >= 4 is 50.0 Å². The molecule has 0 aliphatic rings. The summed E-state index contributed by atoms with van der Waals surface area (Å²) in [6.07, 6.45) is 1.64. The quantitative estimate of drug-likeness (QED) is 0.705. The number of anilines is 1. The van der Waals surface area contributed by atoms with Crippen molar-refractivity contribution < 1.29 is 4.79 Å². The van der Waals surface area contributed by atoms with E-state index in [0.717, 1.165) is 15.4 Å². The van der Waals surface area contributed by atoms with Gasteiger partial charge < -0.3 is 5.32 Å². The fourth-order valence-corrected chi connectivity index (χ4v) is 2.89. The fourth-order valence-electron chi connectivity index (χ4n) is 2.03. The fraction of sp³-hybridized carbons (Fsp3) is 0. The molecule has 21 heavy (non-hydrogen) atoms. The van der Waals surface area contributed by atoms with Gasteiger partial charge in [-0.05, 0) is 30.3 Å². The third-order valence-corrected chi connectivity index (χ3v) is 3.65. The smallest absolute Gasteiger partial charge is 0.255 e. The van der Waals surface area contributed by atoms with Gasteiger partial charge in [-0.1, -0.05) is 45.7 Å². The van der Waals surface area contributed by atoms with Gasteiger partial charge in [0.1, 0.15) is 0 Å². The van der Waals surface area contributed by atoms with E-state index in [4.69, 9.17) is 11.6 Å². The Kier molecular flexibility index (Phi) is 3.90. The summed E-state index contributed by atoms with van der Waals surface area (Å²) in [5.74, 6) is -0.227. The summed E-state index contributed by atoms with van der Waals surface area (Å²) in [6.45, 7) is 0. The summed E-state index contributed by atoms with van der Waals surface area (Å²) < 4.78 is 0.761. The molecule has 0 saturated carbocycles. The van der Waals surface area contributed by atoms with E-state index in [1.165, 1.54) is 0 Å². The second-order valence-corrected chi connectivity index (χ2v) is 5.88. The molecule has 0 aliphatic carbocycles. The lowest BCUT2D eigenvalue weighted by atomic mass is 10.2. The maximum absolute atomic E-state index is 12.2. The zero-order valence-corrected chi connectivity index (χ0v) is 13.1. The van der Waals surface area contributed by atoms with Crippen molar-refractivity contribution in [3.05, 3.63) is 69.8 Å². The second kappa shape index (κ2) is 5.84. The summed E-state index contributed by atoms with van der Waals surface area (Å²) in [5.41, 5.74) is 2.03. The minimum absolute atomic E-state index is 0.227. The van der Waals surface area contributed by atoms with E-state index >= 15 is 0 Å². The predicted octanol–water partition coefficient (Wildman–Crippen LogP) is 4.90. The maximum atomic E-state index is 12.2. The number of rotatable bonds is 2. The first-order valence-corrected chi connectivity index (χ1v) is 7.41. The number of pyridine rings is 1. The number of benzene rings is 2. The van der Waals surface area contributed by atoms with Crippen molar-refractivity contribution in [2.45, 2.75) is 0 Å². The first-order valence-electron chi connectivity index (χ1n) is 6.24. The minimum atomic E-state index is -0.227. The van der Waals surface area contributed by atoms with Gasteiger partial charge in [0.25, 0.3) is 5.91 Å². The highest BCUT2D eigenvalue weighted by atomic mass is 79.9. The van der Waals surface area contributed by atoms with Crippen molar-refractivity contribution in [1.29, 1.82) is 0 Å². The van der Waals surface area contributed by atoms with E-state index in [0.29, 0.717) is 16.3 Å². The molecule has 0 atom stereocenters. The van der Waals surface area contributed by atoms with Crippen LogP contribution in [-0.4, -0.2) is 10.9 Å². The van der Waals surface area contributed by atoms with Crippen LogP contribution in [0.15, 0.2) is 59.2 Å². The highest BCUT2D eigenvalue weighted by molar-refractivity contribution is 9.10. The van der Waals surface area contributed by atoms with Gasteiger partial charge in [0.15, 0.2) is 0 Å². The lowest BCUT2D eigenvalue weighted by Crippen LogP contribution is -2.12. The zero-order chi connectivity index (χ0) is 14.8. The van der Waals surface area contributed by atoms with Crippen molar-refractivity contribution in [1.82, 2.24) is 4.98 Å². The first-order chi connectivity index (χ1) is 10.1. The van der Waals surface area contributed by atoms with Crippen LogP contribution in [0.4, 0.5) is 5.69 Å². The normalized spacial score (nSPS) is 10.6. The van der Waals surface area contributed by atoms with E-state index in [2.05, 4.69) is 26.2 Å². The van der Waals surface area contributed by atoms with Crippen LogP contribution in [-0.2, 0) is 0 Å². The first kappa shape index (κ1) is 14.0. The molecule has 104 valence electrons. The van der Waals surface area contributed by atoms with E-state index in [9.17, 15) is 4.79 Å². The Bertz CT molecular complexity index is 815. The molecule has 5 heteroatoms. The summed E-state index contributed by atoms with van der Waals surface area (Å²) in [4.78, 5) is 16.5. The molecule has 0 radical (unpaired) electrons. The molecule has 0 spiro atoms. The molecule has 1 aromatic heterocycles. The van der Waals surface area contributed by atoms with Gasteiger partial charge in [-0.3, -0.25) is 9.78 Å². The van der Waals surface area contributed by atoms with Crippen molar-refractivity contribution in [3.8, 4) is 0 Å². The summed E-state index contributed by atoms with van der Waals surface area (Å²) in [5, 5.41) is 4.30. The van der Waals surface area contributed by atoms with Crippen LogP contribution in [0.3, 0.4) is 0 Å². The molecule has 3 nitrogen and oxygen atoms in total. The summed E-state index contributed by atoms with van der Waals surface area (Å²) >= 11 is 9.28. The van der Waals surface area contributed by atoms with Crippen LogP contribution in [0.1, 0.15) is 10.4 Å². The Morgan fingerprint density at radius 1 is 1.14 bits per heavy atom. The van der Waals surface area contributed by atoms with Crippen LogP contribution >= 0.6 is 27.5 Å². The molecule has 1 heterocycles. The standard InChI is InChI=1S/C16H10BrClN2O/c17-12-5-11(6-13(18)8-12)16(21)20-14-7-10-3-1-2-4-15(10)19-9-14/h1-9H,(H,20,21). The topological polar surface area (TPSA) is 42.0 Å². The number of nitrogens with one attached hydrogen (secondary N) is 1. The molecule has 0 fully saturated rings. The number of amides is 1. The number of para-hydroxylation sites is 1. The molecular formula is C16H10BrClN2O. The van der Waals surface area contributed by atoms with E-state index in [1.807, 2.05) is 30.3 Å². The molecule has 1 amide bonds. The molecule has 0 bridgehead atoms. The van der Waals surface area contributed by atoms with Gasteiger partial charge in [0.2, 0.25) is 0 Å². The second-order valence-electron chi connectivity index (χ2n) is 4.53. The average Bonchev–Trinajstić information content (AvgIpc) is 2.46. The molecule has 2 aromatic carbocycles. The van der Waals surface area contributed by atoms with Crippen LogP contribution in [0.5, 0.6) is 0 Å². The Morgan fingerprint density at radius 3 is 2.76 bits per heavy atom. The van der Waals surface area contributed by atoms with Gasteiger partial charge in [0, 0.05) is 20.4 Å². The third-order valence-electron chi connectivity index (χ3n) is 2.97. The van der Waals surface area contributed by atoms with Gasteiger partial charge in [-0.15, -0.1) is 0 Å². The number of nitrogens with zero attached hydrogens (tertiary/aromatic N) is 1. The van der Waals surface area contributed by atoms with E-state index in [1.54, 1.807) is 24.4 Å². The largest absolute Gasteiger partial charge is 0.321 e. The van der Waals surface area contributed by atoms with Gasteiger partial charge in [-0.2, -0.15) is 0 Å². The molecule has 1 N–H and O–H groups in total. The lowest BCUT2D eigenvalue weighted by molar-refractivity contribution is 0.102. The third kappa shape index (κ3) is 3.23. The predicted molar refractivity (Wildman–Crippen MR) is 88.8 cm³/mol. The number of carbonyl (C=O) groups is 1. The molecule has 3 aromatic rings. The number of hydrogen-bond acceptors (Lipinski definition) is 2. The van der Waals surface area contributed by atoms with Gasteiger partial charge in [0.05, 0.1) is 17.4 Å². The number of halogens is 2. The number of fused-ring (bicyclic) bond motifs is 1. The van der Waals surface area contributed by atoms with E-state index < -0.39 is 0 Å². The Balaban J connectivity index is 1.88. The molecular weight excluding hydrogens is 352 g/mol. The van der Waals surface area contributed by atoms with Crippen LogP contribution in [0, 0.1) is 0 Å². The summed E-state index contributed by atoms with van der Waals surface area (Å²) in [6, 6.07) is 14.7. The minimum Gasteiger partial charge on any atom is -0.321 e. The van der Waals surface area contributed by atoms with E-state index in [-0.39, 0.29) is 5.91 Å². The molecule has 0 unspecified atom stereocenters. The Labute approximate surface area is 135 Å². The summed E-state index contributed by atoms with van der Waals surface area (Å²) in [7, 11) is 0. The molecule has 0 saturated heterocycles.